The Kier molecular flexibility index (Phi) is 5.70. The molecule has 1 saturated heterocycles. The maximum Gasteiger partial charge on any atom is 0.225 e. The summed E-state index contributed by atoms with van der Waals surface area (Å²) in [7, 11) is 0. The van der Waals surface area contributed by atoms with Crippen LogP contribution in [-0.4, -0.2) is 42.2 Å². The summed E-state index contributed by atoms with van der Waals surface area (Å²) >= 11 is 11.9. The van der Waals surface area contributed by atoms with E-state index in [-0.39, 0.29) is 12.5 Å². The Balaban J connectivity index is 1.85. The lowest BCUT2D eigenvalue weighted by Crippen LogP contribution is -2.26. The predicted octanol–water partition coefficient (Wildman–Crippen LogP) is 2.22. The average molecular weight is 332 g/mol. The molecule has 0 radical (unpaired) electrons. The van der Waals surface area contributed by atoms with Crippen molar-refractivity contribution in [3.8, 4) is 0 Å². The first-order chi connectivity index (χ1) is 9.99. The summed E-state index contributed by atoms with van der Waals surface area (Å²) < 4.78 is 0. The summed E-state index contributed by atoms with van der Waals surface area (Å²) in [6.07, 6.45) is 1.34. The Hall–Kier alpha value is -1.01. The molecule has 5 nitrogen and oxygen atoms in total. The molecule has 1 amide bonds. The number of halogens is 2. The van der Waals surface area contributed by atoms with Crippen LogP contribution in [0.1, 0.15) is 12.8 Å². The van der Waals surface area contributed by atoms with Gasteiger partial charge in [0.05, 0.1) is 16.4 Å². The van der Waals surface area contributed by atoms with Crippen molar-refractivity contribution >= 4 is 40.5 Å². The number of hydrogen-bond donors (Lipinski definition) is 3. The fourth-order valence-corrected chi connectivity index (χ4v) is 3.01. The largest absolute Gasteiger partial charge is 0.397 e. The Morgan fingerprint density at radius 3 is 2.86 bits per heavy atom. The molecule has 1 aromatic carbocycles. The van der Waals surface area contributed by atoms with Crippen LogP contribution >= 0.6 is 23.2 Å². The van der Waals surface area contributed by atoms with Gasteiger partial charge in [0, 0.05) is 31.1 Å². The van der Waals surface area contributed by atoms with Gasteiger partial charge >= 0.3 is 0 Å². The number of nitrogens with zero attached hydrogens (tertiary/aromatic N) is 1. The Bertz CT molecular complexity index is 502. The van der Waals surface area contributed by atoms with Crippen LogP contribution in [0.5, 0.6) is 0 Å². The van der Waals surface area contributed by atoms with Crippen LogP contribution in [0, 0.1) is 5.92 Å². The van der Waals surface area contributed by atoms with Crippen molar-refractivity contribution in [1.29, 1.82) is 0 Å². The van der Waals surface area contributed by atoms with Crippen LogP contribution < -0.4 is 11.1 Å². The van der Waals surface area contributed by atoms with Crippen molar-refractivity contribution in [3.63, 3.8) is 0 Å². The van der Waals surface area contributed by atoms with Crippen molar-refractivity contribution < 1.29 is 9.90 Å². The number of hydrogen-bond acceptors (Lipinski definition) is 4. The van der Waals surface area contributed by atoms with Crippen molar-refractivity contribution in [2.75, 3.05) is 37.3 Å². The molecule has 1 atom stereocenters. The Labute approximate surface area is 134 Å². The lowest BCUT2D eigenvalue weighted by atomic mass is 10.1. The van der Waals surface area contributed by atoms with E-state index in [1.807, 2.05) is 0 Å². The molecule has 1 aliphatic heterocycles. The molecule has 0 aromatic heterocycles. The summed E-state index contributed by atoms with van der Waals surface area (Å²) in [6, 6.07) is 3.09. The number of rotatable bonds is 5. The standard InChI is InChI=1S/C14H19Cl2N3O2/c15-10-5-11(16)14(12(17)6-10)18-13(21)2-4-19-3-1-9(7-19)8-20/h5-6,9,20H,1-4,7-8,17H2,(H,18,21). The summed E-state index contributed by atoms with van der Waals surface area (Å²) in [5.74, 6) is 0.188. The van der Waals surface area contributed by atoms with E-state index in [4.69, 9.17) is 34.0 Å². The zero-order valence-electron chi connectivity index (χ0n) is 11.6. The maximum absolute atomic E-state index is 12.0. The molecule has 1 heterocycles. The van der Waals surface area contributed by atoms with E-state index in [0.29, 0.717) is 40.3 Å². The second kappa shape index (κ2) is 7.31. The number of benzene rings is 1. The topological polar surface area (TPSA) is 78.6 Å². The highest BCUT2D eigenvalue weighted by Gasteiger charge is 2.22. The van der Waals surface area contributed by atoms with Crippen LogP contribution in [0.15, 0.2) is 12.1 Å². The molecule has 21 heavy (non-hydrogen) atoms. The van der Waals surface area contributed by atoms with Gasteiger partial charge in [-0.3, -0.25) is 4.79 Å². The minimum absolute atomic E-state index is 0.140. The molecule has 4 N–H and O–H groups in total. The number of nitrogens with one attached hydrogen (secondary N) is 1. The van der Waals surface area contributed by atoms with Gasteiger partial charge in [0.25, 0.3) is 0 Å². The quantitative estimate of drug-likeness (QED) is 0.723. The number of aliphatic hydroxyl groups is 1. The Morgan fingerprint density at radius 1 is 1.48 bits per heavy atom. The van der Waals surface area contributed by atoms with E-state index < -0.39 is 0 Å². The van der Waals surface area contributed by atoms with E-state index in [1.54, 1.807) is 12.1 Å². The smallest absolute Gasteiger partial charge is 0.225 e. The van der Waals surface area contributed by atoms with Crippen LogP contribution in [0.2, 0.25) is 10.0 Å². The van der Waals surface area contributed by atoms with E-state index in [2.05, 4.69) is 10.2 Å². The molecule has 1 unspecified atom stereocenters. The highest BCUT2D eigenvalue weighted by atomic mass is 35.5. The third-order valence-corrected chi connectivity index (χ3v) is 4.15. The van der Waals surface area contributed by atoms with E-state index in [9.17, 15) is 4.79 Å². The fourth-order valence-electron chi connectivity index (χ4n) is 2.45. The molecule has 116 valence electrons. The SMILES string of the molecule is Nc1cc(Cl)cc(Cl)c1NC(=O)CCN1CCC(CO)C1. The molecular formula is C14H19Cl2N3O2. The van der Waals surface area contributed by atoms with Crippen LogP contribution in [-0.2, 0) is 4.79 Å². The molecule has 1 aliphatic rings. The molecule has 0 saturated carbocycles. The zero-order chi connectivity index (χ0) is 15.4. The molecule has 0 spiro atoms. The highest BCUT2D eigenvalue weighted by Crippen LogP contribution is 2.32. The lowest BCUT2D eigenvalue weighted by Gasteiger charge is -2.16. The first kappa shape index (κ1) is 16.4. The zero-order valence-corrected chi connectivity index (χ0v) is 13.1. The number of anilines is 2. The number of nitrogen functional groups attached to an aromatic ring is 1. The van der Waals surface area contributed by atoms with Crippen molar-refractivity contribution in [3.05, 3.63) is 22.2 Å². The summed E-state index contributed by atoms with van der Waals surface area (Å²) in [4.78, 5) is 14.1. The predicted molar refractivity (Wildman–Crippen MR) is 85.8 cm³/mol. The first-order valence-electron chi connectivity index (χ1n) is 6.87. The molecule has 0 aliphatic carbocycles. The van der Waals surface area contributed by atoms with Gasteiger partial charge in [-0.05, 0) is 31.0 Å². The first-order valence-corrected chi connectivity index (χ1v) is 7.62. The number of aliphatic hydroxyl groups excluding tert-OH is 1. The van der Waals surface area contributed by atoms with Crippen LogP contribution in [0.25, 0.3) is 0 Å². The summed E-state index contributed by atoms with van der Waals surface area (Å²) in [6.45, 7) is 2.63. The molecule has 1 aromatic rings. The molecule has 7 heteroatoms. The highest BCUT2D eigenvalue weighted by molar-refractivity contribution is 6.37. The third kappa shape index (κ3) is 4.48. The Morgan fingerprint density at radius 2 is 2.24 bits per heavy atom. The third-order valence-electron chi connectivity index (χ3n) is 3.63. The number of carbonyl (C=O) groups excluding carboxylic acids is 1. The van der Waals surface area contributed by atoms with E-state index in [0.717, 1.165) is 19.5 Å². The van der Waals surface area contributed by atoms with Gasteiger partial charge in [-0.2, -0.15) is 0 Å². The van der Waals surface area contributed by atoms with Gasteiger partial charge in [0.15, 0.2) is 0 Å². The number of likely N-dealkylation sites (tertiary alicyclic amines) is 1. The number of nitrogens with two attached hydrogens (primary N) is 1. The van der Waals surface area contributed by atoms with Gasteiger partial charge in [-0.25, -0.2) is 0 Å². The van der Waals surface area contributed by atoms with Gasteiger partial charge in [-0.1, -0.05) is 23.2 Å². The summed E-state index contributed by atoms with van der Waals surface area (Å²) in [5.41, 5.74) is 6.56. The van der Waals surface area contributed by atoms with Gasteiger partial charge in [0.1, 0.15) is 0 Å². The normalized spacial score (nSPS) is 18.9. The number of carbonyl (C=O) groups is 1. The minimum Gasteiger partial charge on any atom is -0.397 e. The molecular weight excluding hydrogens is 313 g/mol. The average Bonchev–Trinajstić information content (AvgIpc) is 2.88. The molecule has 0 bridgehead atoms. The molecule has 2 rings (SSSR count). The van der Waals surface area contributed by atoms with E-state index >= 15 is 0 Å². The monoisotopic (exact) mass is 331 g/mol. The maximum atomic E-state index is 12.0. The van der Waals surface area contributed by atoms with Crippen LogP contribution in [0.3, 0.4) is 0 Å². The van der Waals surface area contributed by atoms with Gasteiger partial charge < -0.3 is 21.1 Å². The second-order valence-electron chi connectivity index (χ2n) is 5.29. The van der Waals surface area contributed by atoms with Gasteiger partial charge in [-0.15, -0.1) is 0 Å². The number of amides is 1. The van der Waals surface area contributed by atoms with Crippen molar-refractivity contribution in [2.45, 2.75) is 12.8 Å². The minimum atomic E-state index is -0.140. The lowest BCUT2D eigenvalue weighted by molar-refractivity contribution is -0.116. The van der Waals surface area contributed by atoms with E-state index in [1.165, 1.54) is 0 Å². The van der Waals surface area contributed by atoms with Crippen LogP contribution in [0.4, 0.5) is 11.4 Å². The van der Waals surface area contributed by atoms with Crippen molar-refractivity contribution in [1.82, 2.24) is 4.90 Å². The van der Waals surface area contributed by atoms with Gasteiger partial charge in [0.2, 0.25) is 5.91 Å². The fraction of sp³-hybridized carbons (Fsp3) is 0.500. The molecule has 1 fully saturated rings. The second-order valence-corrected chi connectivity index (χ2v) is 6.13. The summed E-state index contributed by atoms with van der Waals surface area (Å²) in [5, 5.41) is 12.6. The van der Waals surface area contributed by atoms with Crippen molar-refractivity contribution in [2.24, 2.45) is 5.92 Å².